The smallest absolute Gasteiger partial charge is 0.307 e. The van der Waals surface area contributed by atoms with E-state index in [-0.39, 0.29) is 36.5 Å². The highest BCUT2D eigenvalue weighted by atomic mass is 32.2. The monoisotopic (exact) mass is 407 g/mol. The van der Waals surface area contributed by atoms with Crippen molar-refractivity contribution in [3.8, 4) is 0 Å². The van der Waals surface area contributed by atoms with Crippen LogP contribution in [0.2, 0.25) is 0 Å². The van der Waals surface area contributed by atoms with E-state index in [1.165, 1.54) is 22.2 Å². The zero-order valence-corrected chi connectivity index (χ0v) is 16.5. The van der Waals surface area contributed by atoms with Crippen LogP contribution in [0.5, 0.6) is 0 Å². The molecule has 2 aromatic heterocycles. The third kappa shape index (κ3) is 4.52. The van der Waals surface area contributed by atoms with Crippen molar-refractivity contribution < 1.29 is 14.3 Å². The Balaban J connectivity index is 1.22. The summed E-state index contributed by atoms with van der Waals surface area (Å²) in [5.41, 5.74) is 1.12. The van der Waals surface area contributed by atoms with Crippen molar-refractivity contribution in [2.75, 3.05) is 12.4 Å². The summed E-state index contributed by atoms with van der Waals surface area (Å²) < 4.78 is 4.96. The number of thiophene rings is 1. The molecule has 2 heterocycles. The molecule has 1 fully saturated rings. The molecule has 0 bridgehead atoms. The van der Waals surface area contributed by atoms with Crippen LogP contribution in [-0.4, -0.2) is 40.2 Å². The van der Waals surface area contributed by atoms with Crippen LogP contribution in [0.4, 0.5) is 0 Å². The van der Waals surface area contributed by atoms with E-state index >= 15 is 0 Å². The van der Waals surface area contributed by atoms with E-state index in [1.54, 1.807) is 11.3 Å². The second-order valence-corrected chi connectivity index (χ2v) is 9.04. The van der Waals surface area contributed by atoms with Gasteiger partial charge in [0.25, 0.3) is 11.5 Å². The van der Waals surface area contributed by atoms with Gasteiger partial charge < -0.3 is 15.0 Å². The Labute approximate surface area is 164 Å². The fourth-order valence-electron chi connectivity index (χ4n) is 3.15. The molecule has 0 unspecified atom stereocenters. The third-order valence-electron chi connectivity index (χ3n) is 4.62. The van der Waals surface area contributed by atoms with Crippen LogP contribution in [-0.2, 0) is 32.9 Å². The molecule has 144 valence electrons. The van der Waals surface area contributed by atoms with Gasteiger partial charge in [0.05, 0.1) is 17.6 Å². The molecule has 0 radical (unpaired) electrons. The minimum atomic E-state index is -0.389. The molecule has 2 aromatic rings. The molecular weight excluding hydrogens is 386 g/mol. The molecule has 1 amide bonds. The first-order chi connectivity index (χ1) is 13.1. The Morgan fingerprint density at radius 1 is 1.33 bits per heavy atom. The zero-order valence-electron chi connectivity index (χ0n) is 14.8. The number of aryl methyl sites for hydroxylation is 2. The van der Waals surface area contributed by atoms with Crippen molar-refractivity contribution in [1.29, 1.82) is 0 Å². The van der Waals surface area contributed by atoms with Gasteiger partial charge in [0, 0.05) is 16.7 Å². The van der Waals surface area contributed by atoms with Crippen LogP contribution >= 0.6 is 23.1 Å². The van der Waals surface area contributed by atoms with Gasteiger partial charge in [-0.05, 0) is 37.7 Å². The zero-order chi connectivity index (χ0) is 18.8. The maximum Gasteiger partial charge on any atom is 0.307 e. The number of carbonyl (C=O) groups is 2. The number of nitrogens with one attached hydrogen (secondary N) is 2. The fraction of sp³-hybridized carbons (Fsp3) is 0.556. The topological polar surface area (TPSA) is 101 Å². The van der Waals surface area contributed by atoms with Gasteiger partial charge in [-0.2, -0.15) is 11.8 Å². The van der Waals surface area contributed by atoms with E-state index in [2.05, 4.69) is 15.3 Å². The van der Waals surface area contributed by atoms with E-state index in [0.29, 0.717) is 17.3 Å². The first-order valence-electron chi connectivity index (χ1n) is 9.16. The summed E-state index contributed by atoms with van der Waals surface area (Å²) in [5.74, 6) is 1.08. The fourth-order valence-corrected chi connectivity index (χ4v) is 5.22. The molecule has 9 heteroatoms. The standard InChI is InChI=1S/C18H21N3O4S2/c22-14(19-10-4-5-10)8-25-15(23)6-7-26-9-13-20-17(24)16-11-2-1-3-12(11)27-18(16)21-13/h10H,1-9H2,(H,19,22)(H,20,21,24). The summed E-state index contributed by atoms with van der Waals surface area (Å²) in [6.45, 7) is -0.214. The summed E-state index contributed by atoms with van der Waals surface area (Å²) in [4.78, 5) is 45.1. The molecule has 2 N–H and O–H groups in total. The van der Waals surface area contributed by atoms with Crippen molar-refractivity contribution in [3.63, 3.8) is 0 Å². The van der Waals surface area contributed by atoms with Crippen molar-refractivity contribution in [2.24, 2.45) is 0 Å². The van der Waals surface area contributed by atoms with Gasteiger partial charge in [-0.15, -0.1) is 11.3 Å². The number of fused-ring (bicyclic) bond motifs is 3. The van der Waals surface area contributed by atoms with Crippen molar-refractivity contribution in [2.45, 2.75) is 50.3 Å². The largest absolute Gasteiger partial charge is 0.456 e. The van der Waals surface area contributed by atoms with Crippen LogP contribution < -0.4 is 10.9 Å². The lowest BCUT2D eigenvalue weighted by Crippen LogP contribution is -2.30. The van der Waals surface area contributed by atoms with Crippen molar-refractivity contribution >= 4 is 45.2 Å². The number of ether oxygens (including phenoxy) is 1. The number of H-pyrrole nitrogens is 1. The van der Waals surface area contributed by atoms with Crippen molar-refractivity contribution in [3.05, 3.63) is 26.6 Å². The summed E-state index contributed by atoms with van der Waals surface area (Å²) >= 11 is 3.13. The normalized spacial score (nSPS) is 15.7. The predicted molar refractivity (Wildman–Crippen MR) is 105 cm³/mol. The Hall–Kier alpha value is -1.87. The molecule has 27 heavy (non-hydrogen) atoms. The Morgan fingerprint density at radius 2 is 2.19 bits per heavy atom. The minimum absolute atomic E-state index is 0.0592. The highest BCUT2D eigenvalue weighted by Gasteiger charge is 2.23. The van der Waals surface area contributed by atoms with E-state index in [4.69, 9.17) is 4.74 Å². The molecule has 0 aliphatic heterocycles. The van der Waals surface area contributed by atoms with Crippen molar-refractivity contribution in [1.82, 2.24) is 15.3 Å². The van der Waals surface area contributed by atoms with Crippen LogP contribution in [0, 0.1) is 0 Å². The van der Waals surface area contributed by atoms with Crippen LogP contribution in [0.1, 0.15) is 41.9 Å². The van der Waals surface area contributed by atoms with Gasteiger partial charge in [-0.1, -0.05) is 0 Å². The lowest BCUT2D eigenvalue weighted by molar-refractivity contribution is -0.148. The third-order valence-corrected chi connectivity index (χ3v) is 6.78. The minimum Gasteiger partial charge on any atom is -0.456 e. The molecule has 0 saturated heterocycles. The lowest BCUT2D eigenvalue weighted by atomic mass is 10.2. The van der Waals surface area contributed by atoms with Gasteiger partial charge in [0.15, 0.2) is 6.61 Å². The number of aromatic amines is 1. The quantitative estimate of drug-likeness (QED) is 0.512. The Kier molecular flexibility index (Phi) is 5.49. The van der Waals surface area contributed by atoms with Gasteiger partial charge >= 0.3 is 5.97 Å². The number of aromatic nitrogens is 2. The van der Waals surface area contributed by atoms with Gasteiger partial charge in [0.2, 0.25) is 0 Å². The summed E-state index contributed by atoms with van der Waals surface area (Å²) in [7, 11) is 0. The summed E-state index contributed by atoms with van der Waals surface area (Å²) in [6.07, 6.45) is 5.36. The maximum absolute atomic E-state index is 12.4. The molecule has 0 aromatic carbocycles. The molecule has 7 nitrogen and oxygen atoms in total. The predicted octanol–water partition coefficient (Wildman–Crippen LogP) is 1.92. The number of thioether (sulfide) groups is 1. The average Bonchev–Trinajstić information content (AvgIpc) is 3.20. The maximum atomic E-state index is 12.4. The molecule has 0 spiro atoms. The van der Waals surface area contributed by atoms with Gasteiger partial charge in [-0.25, -0.2) is 4.98 Å². The summed E-state index contributed by atoms with van der Waals surface area (Å²) in [5, 5.41) is 3.53. The molecule has 0 atom stereocenters. The first-order valence-corrected chi connectivity index (χ1v) is 11.1. The molecule has 2 aliphatic rings. The second-order valence-electron chi connectivity index (χ2n) is 6.86. The second kappa shape index (κ2) is 8.02. The number of rotatable bonds is 8. The molecule has 1 saturated carbocycles. The van der Waals surface area contributed by atoms with Crippen LogP contribution in [0.3, 0.4) is 0 Å². The van der Waals surface area contributed by atoms with Gasteiger partial charge in [-0.3, -0.25) is 14.4 Å². The first kappa shape index (κ1) is 18.5. The molecule has 2 aliphatic carbocycles. The number of nitrogens with zero attached hydrogens (tertiary/aromatic N) is 1. The highest BCUT2D eigenvalue weighted by Crippen LogP contribution is 2.34. The van der Waals surface area contributed by atoms with E-state index in [1.807, 2.05) is 0 Å². The van der Waals surface area contributed by atoms with E-state index < -0.39 is 0 Å². The number of amides is 1. The van der Waals surface area contributed by atoms with Gasteiger partial charge in [0.1, 0.15) is 10.7 Å². The van der Waals surface area contributed by atoms with E-state index in [9.17, 15) is 14.4 Å². The van der Waals surface area contributed by atoms with Crippen LogP contribution in [0.15, 0.2) is 4.79 Å². The number of hydrogen-bond donors (Lipinski definition) is 2. The average molecular weight is 408 g/mol. The number of esters is 1. The summed E-state index contributed by atoms with van der Waals surface area (Å²) in [6, 6.07) is 0.267. The Morgan fingerprint density at radius 3 is 3.00 bits per heavy atom. The highest BCUT2D eigenvalue weighted by molar-refractivity contribution is 7.98. The Bertz CT molecular complexity index is 933. The SMILES string of the molecule is O=C(COC(=O)CCSCc1nc2sc3c(c2c(=O)[nH]1)CCC3)NC1CC1. The lowest BCUT2D eigenvalue weighted by Gasteiger charge is -2.05. The van der Waals surface area contributed by atoms with Crippen LogP contribution in [0.25, 0.3) is 10.2 Å². The number of hydrogen-bond acceptors (Lipinski definition) is 7. The number of carbonyl (C=O) groups excluding carboxylic acids is 2. The van der Waals surface area contributed by atoms with E-state index in [0.717, 1.165) is 42.3 Å². The molecule has 4 rings (SSSR count). The molecular formula is C18H21N3O4S2.